The van der Waals surface area contributed by atoms with Gasteiger partial charge in [-0.1, -0.05) is 6.07 Å². The summed E-state index contributed by atoms with van der Waals surface area (Å²) >= 11 is 0. The van der Waals surface area contributed by atoms with Crippen LogP contribution in [0.2, 0.25) is 0 Å². The number of hydrogen-bond acceptors (Lipinski definition) is 3. The van der Waals surface area contributed by atoms with Gasteiger partial charge in [0.2, 0.25) is 0 Å². The smallest absolute Gasteiger partial charge is 0.307 e. The summed E-state index contributed by atoms with van der Waals surface area (Å²) in [7, 11) is 1.51. The van der Waals surface area contributed by atoms with Crippen LogP contribution in [0.1, 0.15) is 11.1 Å². The molecular formula is C10H12O4. The summed E-state index contributed by atoms with van der Waals surface area (Å²) < 4.78 is 4.96. The number of ether oxygens (including phenoxy) is 1. The van der Waals surface area contributed by atoms with Crippen LogP contribution in [0.5, 0.6) is 5.75 Å². The Morgan fingerprint density at radius 1 is 1.43 bits per heavy atom. The molecule has 0 spiro atoms. The number of benzene rings is 1. The van der Waals surface area contributed by atoms with Crippen molar-refractivity contribution in [3.05, 3.63) is 29.3 Å². The van der Waals surface area contributed by atoms with Gasteiger partial charge in [-0.2, -0.15) is 0 Å². The fourth-order valence-corrected chi connectivity index (χ4v) is 1.21. The molecule has 2 N–H and O–H groups in total. The molecule has 4 nitrogen and oxygen atoms in total. The largest absolute Gasteiger partial charge is 0.497 e. The molecule has 0 atom stereocenters. The predicted molar refractivity (Wildman–Crippen MR) is 50.3 cm³/mol. The zero-order valence-electron chi connectivity index (χ0n) is 7.86. The van der Waals surface area contributed by atoms with E-state index in [2.05, 4.69) is 0 Å². The van der Waals surface area contributed by atoms with E-state index in [1.54, 1.807) is 18.2 Å². The van der Waals surface area contributed by atoms with Gasteiger partial charge in [0.25, 0.3) is 0 Å². The van der Waals surface area contributed by atoms with Crippen LogP contribution in [0.4, 0.5) is 0 Å². The van der Waals surface area contributed by atoms with Crippen LogP contribution in [0.15, 0.2) is 18.2 Å². The average molecular weight is 196 g/mol. The van der Waals surface area contributed by atoms with Gasteiger partial charge in [0, 0.05) is 0 Å². The highest BCUT2D eigenvalue weighted by atomic mass is 16.5. The normalized spacial score (nSPS) is 9.86. The second-order valence-corrected chi connectivity index (χ2v) is 2.86. The van der Waals surface area contributed by atoms with E-state index in [0.29, 0.717) is 16.9 Å². The molecule has 0 aliphatic rings. The van der Waals surface area contributed by atoms with Crippen LogP contribution >= 0.6 is 0 Å². The lowest BCUT2D eigenvalue weighted by Crippen LogP contribution is -2.04. The summed E-state index contributed by atoms with van der Waals surface area (Å²) in [5, 5.41) is 17.6. The minimum absolute atomic E-state index is 0.104. The highest BCUT2D eigenvalue weighted by Gasteiger charge is 2.07. The molecule has 0 heterocycles. The maximum absolute atomic E-state index is 10.5. The van der Waals surface area contributed by atoms with E-state index in [9.17, 15) is 4.79 Å². The maximum Gasteiger partial charge on any atom is 0.307 e. The monoisotopic (exact) mass is 196 g/mol. The Balaban J connectivity index is 3.01. The van der Waals surface area contributed by atoms with Crippen LogP contribution < -0.4 is 4.74 Å². The van der Waals surface area contributed by atoms with E-state index in [1.165, 1.54) is 7.11 Å². The number of rotatable bonds is 4. The summed E-state index contributed by atoms with van der Waals surface area (Å²) in [6.07, 6.45) is -0.104. The second kappa shape index (κ2) is 4.62. The molecular weight excluding hydrogens is 184 g/mol. The van der Waals surface area contributed by atoms with Crippen molar-refractivity contribution in [1.29, 1.82) is 0 Å². The lowest BCUT2D eigenvalue weighted by molar-refractivity contribution is -0.136. The molecule has 0 aromatic heterocycles. The van der Waals surface area contributed by atoms with Gasteiger partial charge in [0.05, 0.1) is 20.1 Å². The fourth-order valence-electron chi connectivity index (χ4n) is 1.21. The lowest BCUT2D eigenvalue weighted by atomic mass is 10.0. The van der Waals surface area contributed by atoms with Gasteiger partial charge in [-0.3, -0.25) is 4.79 Å². The standard InChI is InChI=1S/C10H12O4/c1-14-9-3-2-7(6-11)8(4-9)5-10(12)13/h2-4,11H,5-6H2,1H3,(H,12,13). The number of hydrogen-bond donors (Lipinski definition) is 2. The second-order valence-electron chi connectivity index (χ2n) is 2.86. The zero-order chi connectivity index (χ0) is 10.6. The van der Waals surface area contributed by atoms with Crippen LogP contribution in [0, 0.1) is 0 Å². The molecule has 0 fully saturated rings. The Morgan fingerprint density at radius 2 is 2.14 bits per heavy atom. The summed E-state index contributed by atoms with van der Waals surface area (Å²) in [4.78, 5) is 10.5. The highest BCUT2D eigenvalue weighted by molar-refractivity contribution is 5.71. The third-order valence-electron chi connectivity index (χ3n) is 1.93. The molecule has 0 saturated heterocycles. The van der Waals surface area contributed by atoms with Crippen LogP contribution in [0.25, 0.3) is 0 Å². The lowest BCUT2D eigenvalue weighted by Gasteiger charge is -2.07. The molecule has 0 saturated carbocycles. The van der Waals surface area contributed by atoms with Crippen molar-refractivity contribution in [2.24, 2.45) is 0 Å². The van der Waals surface area contributed by atoms with E-state index in [-0.39, 0.29) is 13.0 Å². The molecule has 0 aliphatic heterocycles. The molecule has 4 heteroatoms. The van der Waals surface area contributed by atoms with Gasteiger partial charge in [0.15, 0.2) is 0 Å². The summed E-state index contributed by atoms with van der Waals surface area (Å²) in [5.74, 6) is -0.327. The van der Waals surface area contributed by atoms with Gasteiger partial charge >= 0.3 is 5.97 Å². The van der Waals surface area contributed by atoms with Crippen molar-refractivity contribution in [3.8, 4) is 5.75 Å². The number of aliphatic carboxylic acids is 1. The highest BCUT2D eigenvalue weighted by Crippen LogP contribution is 2.18. The number of carboxylic acid groups (broad SMARTS) is 1. The Morgan fingerprint density at radius 3 is 2.64 bits per heavy atom. The maximum atomic E-state index is 10.5. The molecule has 0 bridgehead atoms. The molecule has 0 amide bonds. The molecule has 14 heavy (non-hydrogen) atoms. The molecule has 0 unspecified atom stereocenters. The Labute approximate surface area is 81.8 Å². The minimum atomic E-state index is -0.923. The molecule has 0 radical (unpaired) electrons. The number of aliphatic hydroxyl groups is 1. The van der Waals surface area contributed by atoms with Crippen LogP contribution in [-0.4, -0.2) is 23.3 Å². The van der Waals surface area contributed by atoms with Crippen molar-refractivity contribution in [1.82, 2.24) is 0 Å². The quantitative estimate of drug-likeness (QED) is 0.748. The van der Waals surface area contributed by atoms with Crippen molar-refractivity contribution >= 4 is 5.97 Å². The first-order valence-corrected chi connectivity index (χ1v) is 4.16. The van der Waals surface area contributed by atoms with Crippen LogP contribution in [-0.2, 0) is 17.8 Å². The van der Waals surface area contributed by atoms with Gasteiger partial charge in [0.1, 0.15) is 5.75 Å². The first-order chi connectivity index (χ1) is 6.67. The summed E-state index contributed by atoms with van der Waals surface area (Å²) in [6.45, 7) is -0.160. The number of aliphatic hydroxyl groups excluding tert-OH is 1. The topological polar surface area (TPSA) is 66.8 Å². The van der Waals surface area contributed by atoms with Crippen molar-refractivity contribution in [2.75, 3.05) is 7.11 Å². The van der Waals surface area contributed by atoms with E-state index in [0.717, 1.165) is 0 Å². The Bertz CT molecular complexity index is 333. The Hall–Kier alpha value is -1.55. The van der Waals surface area contributed by atoms with Crippen molar-refractivity contribution < 1.29 is 19.7 Å². The number of carbonyl (C=O) groups is 1. The first kappa shape index (κ1) is 10.5. The minimum Gasteiger partial charge on any atom is -0.497 e. The van der Waals surface area contributed by atoms with Gasteiger partial charge in [-0.25, -0.2) is 0 Å². The third kappa shape index (κ3) is 2.47. The van der Waals surface area contributed by atoms with E-state index in [1.807, 2.05) is 0 Å². The average Bonchev–Trinajstić information content (AvgIpc) is 2.16. The molecule has 1 aromatic rings. The zero-order valence-corrected chi connectivity index (χ0v) is 7.86. The number of carboxylic acids is 1. The van der Waals surface area contributed by atoms with E-state index < -0.39 is 5.97 Å². The number of methoxy groups -OCH3 is 1. The molecule has 0 aliphatic carbocycles. The molecule has 76 valence electrons. The van der Waals surface area contributed by atoms with Gasteiger partial charge in [-0.05, 0) is 23.3 Å². The predicted octanol–water partition coefficient (Wildman–Crippen LogP) is 0.815. The Kier molecular flexibility index (Phi) is 3.48. The van der Waals surface area contributed by atoms with Crippen molar-refractivity contribution in [2.45, 2.75) is 13.0 Å². The van der Waals surface area contributed by atoms with Crippen LogP contribution in [0.3, 0.4) is 0 Å². The molecule has 1 rings (SSSR count). The van der Waals surface area contributed by atoms with E-state index >= 15 is 0 Å². The van der Waals surface area contributed by atoms with Gasteiger partial charge < -0.3 is 14.9 Å². The SMILES string of the molecule is COc1ccc(CO)c(CC(=O)O)c1. The van der Waals surface area contributed by atoms with Crippen molar-refractivity contribution in [3.63, 3.8) is 0 Å². The third-order valence-corrected chi connectivity index (χ3v) is 1.93. The first-order valence-electron chi connectivity index (χ1n) is 4.16. The summed E-state index contributed by atoms with van der Waals surface area (Å²) in [5.41, 5.74) is 1.20. The summed E-state index contributed by atoms with van der Waals surface area (Å²) in [6, 6.07) is 4.98. The fraction of sp³-hybridized carbons (Fsp3) is 0.300. The molecule has 1 aromatic carbocycles. The van der Waals surface area contributed by atoms with E-state index in [4.69, 9.17) is 14.9 Å². The van der Waals surface area contributed by atoms with Gasteiger partial charge in [-0.15, -0.1) is 0 Å².